The third-order valence-corrected chi connectivity index (χ3v) is 3.69. The molecule has 0 aliphatic rings. The lowest BCUT2D eigenvalue weighted by Gasteiger charge is -2.11. The molecule has 0 aliphatic heterocycles. The first-order valence-electron chi connectivity index (χ1n) is 7.26. The van der Waals surface area contributed by atoms with Crippen LogP contribution < -0.4 is 5.32 Å². The number of carbonyl (C=O) groups is 1. The van der Waals surface area contributed by atoms with Crippen LogP contribution >= 0.6 is 11.6 Å². The predicted octanol–water partition coefficient (Wildman–Crippen LogP) is 2.72. The van der Waals surface area contributed by atoms with Gasteiger partial charge in [0.1, 0.15) is 0 Å². The Kier molecular flexibility index (Phi) is 5.57. The van der Waals surface area contributed by atoms with Crippen LogP contribution in [0.25, 0.3) is 5.69 Å². The molecule has 1 amide bonds. The molecule has 0 aliphatic carbocycles. The number of aliphatic hydroxyl groups excluding tert-OH is 1. The van der Waals surface area contributed by atoms with Crippen molar-refractivity contribution in [2.75, 3.05) is 6.61 Å². The van der Waals surface area contributed by atoms with Gasteiger partial charge in [-0.25, -0.2) is 4.68 Å². The van der Waals surface area contributed by atoms with E-state index in [1.165, 1.54) is 0 Å². The van der Waals surface area contributed by atoms with Gasteiger partial charge in [0.25, 0.3) is 5.91 Å². The number of carbonyl (C=O) groups excluding carboxylic acids is 1. The van der Waals surface area contributed by atoms with E-state index in [1.54, 1.807) is 16.8 Å². The monoisotopic (exact) mass is 321 g/mol. The normalized spacial score (nSPS) is 12.2. The Labute approximate surface area is 134 Å². The molecule has 0 bridgehead atoms. The molecule has 22 heavy (non-hydrogen) atoms. The number of aromatic nitrogens is 2. The van der Waals surface area contributed by atoms with Gasteiger partial charge in [-0.15, -0.1) is 0 Å². The lowest BCUT2D eigenvalue weighted by Crippen LogP contribution is -2.33. The molecule has 1 aromatic carbocycles. The Morgan fingerprint density at radius 1 is 1.45 bits per heavy atom. The Hall–Kier alpha value is -1.85. The summed E-state index contributed by atoms with van der Waals surface area (Å²) in [4.78, 5) is 12.2. The summed E-state index contributed by atoms with van der Waals surface area (Å²) in [5.41, 5.74) is 1.93. The van der Waals surface area contributed by atoms with Gasteiger partial charge in [-0.2, -0.15) is 5.10 Å². The van der Waals surface area contributed by atoms with Crippen molar-refractivity contribution in [2.45, 2.75) is 32.7 Å². The zero-order valence-corrected chi connectivity index (χ0v) is 13.5. The van der Waals surface area contributed by atoms with Gasteiger partial charge in [-0.05, 0) is 44.9 Å². The summed E-state index contributed by atoms with van der Waals surface area (Å²) in [6.45, 7) is 3.91. The van der Waals surface area contributed by atoms with Gasteiger partial charge in [-0.1, -0.05) is 23.7 Å². The third-order valence-electron chi connectivity index (χ3n) is 3.37. The molecule has 5 nitrogen and oxygen atoms in total. The van der Waals surface area contributed by atoms with E-state index in [2.05, 4.69) is 10.4 Å². The van der Waals surface area contributed by atoms with E-state index in [0.717, 1.165) is 17.8 Å². The van der Waals surface area contributed by atoms with E-state index >= 15 is 0 Å². The number of nitrogens with one attached hydrogen (secondary N) is 1. The van der Waals surface area contributed by atoms with Gasteiger partial charge in [0.2, 0.25) is 0 Å². The number of nitrogens with zero attached hydrogens (tertiary/aromatic N) is 2. The fourth-order valence-electron chi connectivity index (χ4n) is 2.22. The second-order valence-corrected chi connectivity index (χ2v) is 5.68. The number of amides is 1. The minimum absolute atomic E-state index is 0.00887. The number of aliphatic hydroxyl groups is 1. The molecule has 1 unspecified atom stereocenters. The average molecular weight is 322 g/mol. The maximum absolute atomic E-state index is 12.2. The number of aryl methyl sites for hydroxylation is 1. The van der Waals surface area contributed by atoms with E-state index in [1.807, 2.05) is 32.0 Å². The summed E-state index contributed by atoms with van der Waals surface area (Å²) in [7, 11) is 0. The van der Waals surface area contributed by atoms with Gasteiger partial charge in [0.05, 0.1) is 10.7 Å². The molecular weight excluding hydrogens is 302 g/mol. The van der Waals surface area contributed by atoms with Crippen molar-refractivity contribution in [1.82, 2.24) is 15.1 Å². The molecule has 2 N–H and O–H groups in total. The second-order valence-electron chi connectivity index (χ2n) is 5.27. The van der Waals surface area contributed by atoms with Crippen molar-refractivity contribution < 1.29 is 9.90 Å². The van der Waals surface area contributed by atoms with Crippen LogP contribution in [0.1, 0.15) is 35.9 Å². The number of hydrogen-bond acceptors (Lipinski definition) is 3. The first kappa shape index (κ1) is 16.5. The minimum atomic E-state index is -0.223. The smallest absolute Gasteiger partial charge is 0.272 e. The van der Waals surface area contributed by atoms with E-state index in [9.17, 15) is 4.79 Å². The molecule has 0 fully saturated rings. The topological polar surface area (TPSA) is 67.2 Å². The highest BCUT2D eigenvalue weighted by Crippen LogP contribution is 2.21. The third kappa shape index (κ3) is 3.87. The molecule has 1 heterocycles. The van der Waals surface area contributed by atoms with Gasteiger partial charge in [0, 0.05) is 18.3 Å². The fourth-order valence-corrected chi connectivity index (χ4v) is 2.44. The molecule has 0 saturated carbocycles. The second kappa shape index (κ2) is 7.42. The molecule has 2 aromatic rings. The number of para-hydroxylation sites is 1. The number of rotatable bonds is 6. The molecular formula is C16H20ClN3O2. The molecule has 1 atom stereocenters. The van der Waals surface area contributed by atoms with Crippen molar-refractivity contribution in [3.63, 3.8) is 0 Å². The summed E-state index contributed by atoms with van der Waals surface area (Å²) >= 11 is 6.18. The van der Waals surface area contributed by atoms with E-state index in [-0.39, 0.29) is 18.6 Å². The van der Waals surface area contributed by atoms with E-state index in [0.29, 0.717) is 17.1 Å². The predicted molar refractivity (Wildman–Crippen MR) is 86.6 cm³/mol. The highest BCUT2D eigenvalue weighted by atomic mass is 35.5. The first-order chi connectivity index (χ1) is 10.5. The van der Waals surface area contributed by atoms with Crippen LogP contribution in [0.5, 0.6) is 0 Å². The zero-order chi connectivity index (χ0) is 16.1. The van der Waals surface area contributed by atoms with Crippen molar-refractivity contribution in [2.24, 2.45) is 0 Å². The lowest BCUT2D eigenvalue weighted by molar-refractivity contribution is 0.0931. The average Bonchev–Trinajstić information content (AvgIpc) is 2.87. The molecule has 2 rings (SSSR count). The number of benzene rings is 1. The minimum Gasteiger partial charge on any atom is -0.396 e. The van der Waals surface area contributed by atoms with Gasteiger partial charge >= 0.3 is 0 Å². The Morgan fingerprint density at radius 2 is 2.18 bits per heavy atom. The van der Waals surface area contributed by atoms with Crippen LogP contribution in [-0.2, 0) is 0 Å². The molecule has 0 spiro atoms. The largest absolute Gasteiger partial charge is 0.396 e. The van der Waals surface area contributed by atoms with Crippen molar-refractivity contribution in [3.05, 3.63) is 46.7 Å². The summed E-state index contributed by atoms with van der Waals surface area (Å²) in [6.07, 6.45) is 1.39. The quantitative estimate of drug-likeness (QED) is 0.859. The van der Waals surface area contributed by atoms with Crippen LogP contribution in [0, 0.1) is 6.92 Å². The van der Waals surface area contributed by atoms with Crippen molar-refractivity contribution in [3.8, 4) is 5.69 Å². The van der Waals surface area contributed by atoms with Crippen LogP contribution in [0.4, 0.5) is 0 Å². The Morgan fingerprint density at radius 3 is 2.86 bits per heavy atom. The molecule has 1 aromatic heterocycles. The van der Waals surface area contributed by atoms with Gasteiger partial charge < -0.3 is 10.4 Å². The highest BCUT2D eigenvalue weighted by molar-refractivity contribution is 6.32. The van der Waals surface area contributed by atoms with Crippen LogP contribution in [-0.4, -0.2) is 33.4 Å². The van der Waals surface area contributed by atoms with Crippen LogP contribution in [0.15, 0.2) is 30.3 Å². The Balaban J connectivity index is 2.16. The number of halogens is 1. The molecule has 6 heteroatoms. The first-order valence-corrected chi connectivity index (χ1v) is 7.64. The summed E-state index contributed by atoms with van der Waals surface area (Å²) < 4.78 is 1.66. The van der Waals surface area contributed by atoms with Crippen LogP contribution in [0.2, 0.25) is 5.02 Å². The molecule has 0 radical (unpaired) electrons. The molecule has 0 saturated heterocycles. The highest BCUT2D eigenvalue weighted by Gasteiger charge is 2.16. The number of hydrogen-bond donors (Lipinski definition) is 2. The molecule has 118 valence electrons. The van der Waals surface area contributed by atoms with Gasteiger partial charge in [-0.3, -0.25) is 4.79 Å². The van der Waals surface area contributed by atoms with E-state index in [4.69, 9.17) is 16.7 Å². The van der Waals surface area contributed by atoms with Crippen molar-refractivity contribution >= 4 is 17.5 Å². The lowest BCUT2D eigenvalue weighted by atomic mass is 10.2. The maximum atomic E-state index is 12.2. The van der Waals surface area contributed by atoms with Gasteiger partial charge in [0.15, 0.2) is 5.69 Å². The standard InChI is InChI=1S/C16H20ClN3O2/c1-11(6-5-9-21)18-16(22)14-10-12(2)20(19-14)15-8-4-3-7-13(15)17/h3-4,7-8,10-11,21H,5-6,9H2,1-2H3,(H,18,22). The summed E-state index contributed by atoms with van der Waals surface area (Å²) in [5, 5.41) is 16.6. The Bertz CT molecular complexity index is 655. The zero-order valence-electron chi connectivity index (χ0n) is 12.7. The van der Waals surface area contributed by atoms with Crippen molar-refractivity contribution in [1.29, 1.82) is 0 Å². The maximum Gasteiger partial charge on any atom is 0.272 e. The SMILES string of the molecule is Cc1cc(C(=O)NC(C)CCCO)nn1-c1ccccc1Cl. The summed E-state index contributed by atoms with van der Waals surface area (Å²) in [6, 6.07) is 9.09. The van der Waals surface area contributed by atoms with E-state index < -0.39 is 0 Å². The summed E-state index contributed by atoms with van der Waals surface area (Å²) in [5.74, 6) is -0.223. The van der Waals surface area contributed by atoms with Crippen LogP contribution in [0.3, 0.4) is 0 Å². The fraction of sp³-hybridized carbons (Fsp3) is 0.375.